The van der Waals surface area contributed by atoms with Gasteiger partial charge in [-0.1, -0.05) is 218 Å². The van der Waals surface area contributed by atoms with Crippen LogP contribution in [0.3, 0.4) is 0 Å². The summed E-state index contributed by atoms with van der Waals surface area (Å²) in [7, 11) is 0. The van der Waals surface area contributed by atoms with Gasteiger partial charge in [-0.25, -0.2) is 0 Å². The second kappa shape index (κ2) is 18.4. The summed E-state index contributed by atoms with van der Waals surface area (Å²) in [4.78, 5) is 0. The molecule has 0 unspecified atom stereocenters. The molecule has 0 bridgehead atoms. The SMILES string of the molecule is Cc1c(C)c(-c2ccccc2)c2c(-c3ccccc3)c3c(-c4ccccc4)c4c(-c5ccc(C#N)cc5)ccc(-c5ccc(C#N)cc5)c4c(-c4ccccc4)c3c(-c3ccccc3)c2c1-c1ccccc1. The molecule has 72 heavy (non-hydrogen) atoms. The van der Waals surface area contributed by atoms with Crippen LogP contribution in [0.15, 0.2) is 243 Å². The lowest BCUT2D eigenvalue weighted by atomic mass is 9.72. The van der Waals surface area contributed by atoms with Crippen molar-refractivity contribution in [3.05, 3.63) is 265 Å². The molecular formula is C70H46N2. The van der Waals surface area contributed by atoms with Crippen LogP contribution in [0.5, 0.6) is 0 Å². The Hall–Kier alpha value is -9.60. The van der Waals surface area contributed by atoms with Gasteiger partial charge >= 0.3 is 0 Å². The molecule has 0 heterocycles. The standard InChI is InChI=1S/C70H46N2/c1-45-46(2)60(52-23-11-4-12-24-52)68-64(56-31-19-8-20-32-56)70-62(54-27-15-6-16-28-54)66-58(50-39-35-48(44-72)36-40-50)42-41-57(49-37-33-47(43-71)34-38-49)65(66)61(53-25-13-5-14-26-53)69(70)63(55-29-17-7-18-30-55)67(68)59(45)51-21-9-3-10-22-51/h3-42H,1-2H3. The summed E-state index contributed by atoms with van der Waals surface area (Å²) in [5.41, 5.74) is 21.5. The van der Waals surface area contributed by atoms with Crippen LogP contribution in [0.25, 0.3) is 121 Å². The molecule has 2 nitrogen and oxygen atoms in total. The molecule has 0 spiro atoms. The van der Waals surface area contributed by atoms with Crippen LogP contribution in [0.1, 0.15) is 22.3 Å². The van der Waals surface area contributed by atoms with Crippen molar-refractivity contribution in [1.29, 1.82) is 10.5 Å². The monoisotopic (exact) mass is 914 g/mol. The van der Waals surface area contributed by atoms with E-state index in [1.54, 1.807) is 0 Å². The van der Waals surface area contributed by atoms with E-state index in [2.05, 4.69) is 244 Å². The van der Waals surface area contributed by atoms with Gasteiger partial charge in [0.15, 0.2) is 0 Å². The average molecular weight is 915 g/mol. The van der Waals surface area contributed by atoms with Crippen molar-refractivity contribution in [2.45, 2.75) is 13.8 Å². The minimum absolute atomic E-state index is 0.606. The summed E-state index contributed by atoms with van der Waals surface area (Å²) < 4.78 is 0. The molecular weight excluding hydrogens is 869 g/mol. The molecule has 0 radical (unpaired) electrons. The Morgan fingerprint density at radius 2 is 0.444 bits per heavy atom. The van der Waals surface area contributed by atoms with E-state index < -0.39 is 0 Å². The number of fused-ring (bicyclic) bond motifs is 3. The second-order valence-electron chi connectivity index (χ2n) is 18.5. The van der Waals surface area contributed by atoms with Crippen LogP contribution in [0.2, 0.25) is 0 Å². The van der Waals surface area contributed by atoms with Crippen molar-refractivity contribution in [3.8, 4) is 101 Å². The molecule has 0 atom stereocenters. The van der Waals surface area contributed by atoms with Crippen molar-refractivity contribution >= 4 is 32.3 Å². The Balaban J connectivity index is 1.52. The number of rotatable bonds is 8. The van der Waals surface area contributed by atoms with Crippen molar-refractivity contribution in [1.82, 2.24) is 0 Å². The summed E-state index contributed by atoms with van der Waals surface area (Å²) in [5, 5.41) is 27.0. The molecule has 0 saturated heterocycles. The molecule has 12 rings (SSSR count). The zero-order valence-corrected chi connectivity index (χ0v) is 40.0. The van der Waals surface area contributed by atoms with Gasteiger partial charge in [0, 0.05) is 0 Å². The van der Waals surface area contributed by atoms with Crippen LogP contribution in [0, 0.1) is 36.5 Å². The van der Waals surface area contributed by atoms with E-state index in [0.29, 0.717) is 11.1 Å². The molecule has 0 fully saturated rings. The zero-order valence-electron chi connectivity index (χ0n) is 40.0. The normalized spacial score (nSPS) is 11.2. The third kappa shape index (κ3) is 7.25. The predicted molar refractivity (Wildman–Crippen MR) is 301 cm³/mol. The van der Waals surface area contributed by atoms with E-state index in [0.717, 1.165) is 99.4 Å². The lowest BCUT2D eigenvalue weighted by Gasteiger charge is -2.30. The minimum Gasteiger partial charge on any atom is -0.192 e. The first kappa shape index (κ1) is 43.7. The van der Waals surface area contributed by atoms with Gasteiger partial charge in [0.25, 0.3) is 0 Å². The highest BCUT2D eigenvalue weighted by Crippen LogP contribution is 2.59. The Kier molecular flexibility index (Phi) is 11.1. The quantitative estimate of drug-likeness (QED) is 0.143. The van der Waals surface area contributed by atoms with Gasteiger partial charge in [-0.2, -0.15) is 10.5 Å². The first-order chi connectivity index (χ1) is 35.5. The van der Waals surface area contributed by atoms with Gasteiger partial charge in [-0.15, -0.1) is 0 Å². The number of hydrogen-bond donors (Lipinski definition) is 0. The summed E-state index contributed by atoms with van der Waals surface area (Å²) in [6.07, 6.45) is 0. The van der Waals surface area contributed by atoms with Crippen LogP contribution in [-0.4, -0.2) is 0 Å². The Bertz CT molecular complexity index is 3820. The van der Waals surface area contributed by atoms with Crippen LogP contribution in [0.4, 0.5) is 0 Å². The van der Waals surface area contributed by atoms with E-state index in [-0.39, 0.29) is 0 Å². The highest BCUT2D eigenvalue weighted by atomic mass is 14.3. The number of nitriles is 2. The lowest BCUT2D eigenvalue weighted by molar-refractivity contribution is 1.36. The zero-order chi connectivity index (χ0) is 48.7. The molecule has 0 aliphatic rings. The third-order valence-electron chi connectivity index (χ3n) is 14.5. The molecule has 12 aromatic carbocycles. The van der Waals surface area contributed by atoms with E-state index in [1.807, 2.05) is 24.3 Å². The molecule has 0 N–H and O–H groups in total. The summed E-state index contributed by atoms with van der Waals surface area (Å²) >= 11 is 0. The van der Waals surface area contributed by atoms with E-state index in [1.165, 1.54) is 33.0 Å². The molecule has 2 heteroatoms. The highest BCUT2D eigenvalue weighted by Gasteiger charge is 2.32. The van der Waals surface area contributed by atoms with Gasteiger partial charge in [-0.3, -0.25) is 0 Å². The fraction of sp³-hybridized carbons (Fsp3) is 0.0286. The minimum atomic E-state index is 0.606. The maximum Gasteiger partial charge on any atom is 0.0991 e. The average Bonchev–Trinajstić information content (AvgIpc) is 3.46. The van der Waals surface area contributed by atoms with Gasteiger partial charge in [-0.05, 0) is 171 Å². The highest BCUT2D eigenvalue weighted by molar-refractivity contribution is 6.39. The lowest BCUT2D eigenvalue weighted by Crippen LogP contribution is -2.03. The maximum absolute atomic E-state index is 10.1. The Morgan fingerprint density at radius 1 is 0.222 bits per heavy atom. The Morgan fingerprint density at radius 3 is 0.694 bits per heavy atom. The van der Waals surface area contributed by atoms with Gasteiger partial charge in [0.2, 0.25) is 0 Å². The summed E-state index contributed by atoms with van der Waals surface area (Å²) in [6.45, 7) is 4.62. The smallest absolute Gasteiger partial charge is 0.0991 e. The number of hydrogen-bond acceptors (Lipinski definition) is 2. The topological polar surface area (TPSA) is 47.6 Å². The maximum atomic E-state index is 10.1. The summed E-state index contributed by atoms with van der Waals surface area (Å²) in [5.74, 6) is 0. The van der Waals surface area contributed by atoms with Crippen molar-refractivity contribution < 1.29 is 0 Å². The first-order valence-corrected chi connectivity index (χ1v) is 24.5. The number of benzene rings is 12. The molecule has 12 aromatic rings. The van der Waals surface area contributed by atoms with Gasteiger partial charge < -0.3 is 0 Å². The van der Waals surface area contributed by atoms with Crippen molar-refractivity contribution in [2.24, 2.45) is 0 Å². The van der Waals surface area contributed by atoms with Crippen LogP contribution in [-0.2, 0) is 0 Å². The van der Waals surface area contributed by atoms with E-state index in [4.69, 9.17) is 0 Å². The molecule has 336 valence electrons. The van der Waals surface area contributed by atoms with Gasteiger partial charge in [0.1, 0.15) is 0 Å². The fourth-order valence-electron chi connectivity index (χ4n) is 11.3. The fourth-order valence-corrected chi connectivity index (χ4v) is 11.3. The largest absolute Gasteiger partial charge is 0.192 e. The van der Waals surface area contributed by atoms with Crippen LogP contribution >= 0.6 is 0 Å². The van der Waals surface area contributed by atoms with Gasteiger partial charge in [0.05, 0.1) is 23.3 Å². The predicted octanol–water partition coefficient (Wildman–Crippen LogP) is 18.8. The first-order valence-electron chi connectivity index (χ1n) is 24.5. The van der Waals surface area contributed by atoms with E-state index >= 15 is 0 Å². The Labute approximate surface area is 420 Å². The molecule has 0 aliphatic heterocycles. The molecule has 0 aromatic heterocycles. The molecule has 0 saturated carbocycles. The summed E-state index contributed by atoms with van der Waals surface area (Å²) in [6, 6.07) is 91.2. The molecule has 0 aliphatic carbocycles. The van der Waals surface area contributed by atoms with Crippen molar-refractivity contribution in [3.63, 3.8) is 0 Å². The second-order valence-corrected chi connectivity index (χ2v) is 18.5. The molecule has 0 amide bonds. The number of nitrogens with zero attached hydrogens (tertiary/aromatic N) is 2. The third-order valence-corrected chi connectivity index (χ3v) is 14.5. The van der Waals surface area contributed by atoms with E-state index in [9.17, 15) is 10.5 Å². The van der Waals surface area contributed by atoms with Crippen LogP contribution < -0.4 is 0 Å². The van der Waals surface area contributed by atoms with Crippen molar-refractivity contribution in [2.75, 3.05) is 0 Å².